The molecule has 1 aliphatic rings. The molecule has 0 aliphatic carbocycles. The molecule has 1 saturated heterocycles. The van der Waals surface area contributed by atoms with Crippen LogP contribution in [0.4, 0.5) is 5.82 Å². The van der Waals surface area contributed by atoms with Gasteiger partial charge in [0.1, 0.15) is 6.33 Å². The van der Waals surface area contributed by atoms with Crippen molar-refractivity contribution in [3.05, 3.63) is 36.7 Å². The van der Waals surface area contributed by atoms with Crippen molar-refractivity contribution in [2.75, 3.05) is 18.0 Å². The van der Waals surface area contributed by atoms with E-state index in [2.05, 4.69) is 25.2 Å². The molecule has 1 fully saturated rings. The first kappa shape index (κ1) is 13.1. The summed E-state index contributed by atoms with van der Waals surface area (Å²) in [5.41, 5.74) is 2.25. The molecule has 0 saturated carbocycles. The summed E-state index contributed by atoms with van der Waals surface area (Å²) in [7, 11) is 0. The summed E-state index contributed by atoms with van der Waals surface area (Å²) < 4.78 is 1.71. The van der Waals surface area contributed by atoms with Crippen LogP contribution in [0.1, 0.15) is 12.8 Å². The first-order valence-electron chi connectivity index (χ1n) is 7.38. The van der Waals surface area contributed by atoms with Crippen molar-refractivity contribution in [2.24, 2.45) is 0 Å². The normalized spacial score (nSPS) is 18.8. The highest BCUT2D eigenvalue weighted by atomic mass is 16.3. The lowest BCUT2D eigenvalue weighted by atomic mass is 10.1. The first-order chi connectivity index (χ1) is 10.8. The van der Waals surface area contributed by atoms with Crippen LogP contribution in [0.25, 0.3) is 16.9 Å². The Labute approximate surface area is 127 Å². The molecule has 0 amide bonds. The number of β-amino-alcohol motifs (C(OH)–C–C–N with tert-alkyl or cyclic N) is 1. The van der Waals surface area contributed by atoms with Crippen LogP contribution in [-0.4, -0.2) is 49.3 Å². The fourth-order valence-electron chi connectivity index (χ4n) is 2.86. The number of nitrogens with zero attached hydrogens (tertiary/aromatic N) is 6. The lowest BCUT2D eigenvalue weighted by Crippen LogP contribution is -2.38. The van der Waals surface area contributed by atoms with E-state index in [1.807, 2.05) is 30.3 Å². The smallest absolute Gasteiger partial charge is 0.189 e. The zero-order chi connectivity index (χ0) is 14.9. The Morgan fingerprint density at radius 2 is 2.00 bits per heavy atom. The monoisotopic (exact) mass is 296 g/mol. The Kier molecular flexibility index (Phi) is 3.19. The van der Waals surface area contributed by atoms with Gasteiger partial charge in [0, 0.05) is 13.1 Å². The van der Waals surface area contributed by atoms with Crippen LogP contribution in [0.15, 0.2) is 36.7 Å². The minimum Gasteiger partial charge on any atom is -0.391 e. The van der Waals surface area contributed by atoms with Crippen LogP contribution >= 0.6 is 0 Å². The molecule has 0 radical (unpaired) electrons. The summed E-state index contributed by atoms with van der Waals surface area (Å²) in [6, 6.07) is 9.77. The van der Waals surface area contributed by atoms with E-state index in [0.717, 1.165) is 30.9 Å². The maximum absolute atomic E-state index is 9.87. The highest BCUT2D eigenvalue weighted by Crippen LogP contribution is 2.25. The Bertz CT molecular complexity index is 787. The number of aromatic nitrogens is 5. The van der Waals surface area contributed by atoms with Crippen molar-refractivity contribution in [2.45, 2.75) is 18.9 Å². The maximum Gasteiger partial charge on any atom is 0.189 e. The van der Waals surface area contributed by atoms with E-state index in [4.69, 9.17) is 0 Å². The minimum atomic E-state index is -0.317. The molecule has 7 heteroatoms. The Morgan fingerprint density at radius 1 is 1.14 bits per heavy atom. The summed E-state index contributed by atoms with van der Waals surface area (Å²) in [6.45, 7) is 1.44. The number of anilines is 1. The molecule has 22 heavy (non-hydrogen) atoms. The largest absolute Gasteiger partial charge is 0.391 e. The van der Waals surface area contributed by atoms with Crippen molar-refractivity contribution in [3.8, 4) is 5.69 Å². The van der Waals surface area contributed by atoms with Gasteiger partial charge in [-0.15, -0.1) is 5.10 Å². The second-order valence-corrected chi connectivity index (χ2v) is 5.45. The van der Waals surface area contributed by atoms with Crippen molar-refractivity contribution >= 4 is 17.0 Å². The maximum atomic E-state index is 9.87. The van der Waals surface area contributed by atoms with Gasteiger partial charge in [-0.3, -0.25) is 0 Å². The summed E-state index contributed by atoms with van der Waals surface area (Å²) >= 11 is 0. The molecule has 1 aliphatic heterocycles. The van der Waals surface area contributed by atoms with Crippen LogP contribution in [-0.2, 0) is 0 Å². The molecule has 0 bridgehead atoms. The van der Waals surface area contributed by atoms with Crippen LogP contribution in [0.2, 0.25) is 0 Å². The van der Waals surface area contributed by atoms with E-state index in [1.54, 1.807) is 4.68 Å². The predicted molar refractivity (Wildman–Crippen MR) is 81.9 cm³/mol. The fourth-order valence-corrected chi connectivity index (χ4v) is 2.86. The third-order valence-electron chi connectivity index (χ3n) is 3.92. The molecule has 4 rings (SSSR count). The summed E-state index contributed by atoms with van der Waals surface area (Å²) in [4.78, 5) is 10.7. The number of rotatable bonds is 2. The molecular weight excluding hydrogens is 280 g/mol. The molecule has 3 aromatic rings. The van der Waals surface area contributed by atoms with E-state index >= 15 is 0 Å². The molecular formula is C15H16N6O. The molecule has 112 valence electrons. The average molecular weight is 296 g/mol. The van der Waals surface area contributed by atoms with Gasteiger partial charge < -0.3 is 10.0 Å². The lowest BCUT2D eigenvalue weighted by molar-refractivity contribution is 0.154. The number of piperidine rings is 1. The Balaban J connectivity index is 1.80. The van der Waals surface area contributed by atoms with Crippen molar-refractivity contribution < 1.29 is 5.11 Å². The van der Waals surface area contributed by atoms with Crippen LogP contribution in [0.5, 0.6) is 0 Å². The van der Waals surface area contributed by atoms with E-state index in [0.29, 0.717) is 17.7 Å². The molecule has 2 aromatic heterocycles. The van der Waals surface area contributed by atoms with Gasteiger partial charge in [0.2, 0.25) is 0 Å². The van der Waals surface area contributed by atoms with E-state index in [1.165, 1.54) is 6.33 Å². The van der Waals surface area contributed by atoms with Gasteiger partial charge in [-0.05, 0) is 25.0 Å². The number of benzene rings is 1. The molecule has 1 atom stereocenters. The van der Waals surface area contributed by atoms with Crippen LogP contribution in [0, 0.1) is 0 Å². The van der Waals surface area contributed by atoms with Crippen molar-refractivity contribution in [1.29, 1.82) is 0 Å². The highest BCUT2D eigenvalue weighted by Gasteiger charge is 2.23. The van der Waals surface area contributed by atoms with Gasteiger partial charge in [-0.25, -0.2) is 9.97 Å². The highest BCUT2D eigenvalue weighted by molar-refractivity contribution is 5.83. The molecule has 0 unspecified atom stereocenters. The Morgan fingerprint density at radius 3 is 2.82 bits per heavy atom. The SMILES string of the molecule is O[C@H]1CCCN(c2ncnc3c2nnn3-c2ccccc2)C1. The molecule has 3 heterocycles. The number of aliphatic hydroxyl groups is 1. The number of aliphatic hydroxyl groups excluding tert-OH is 1. The zero-order valence-corrected chi connectivity index (χ0v) is 12.0. The third kappa shape index (κ3) is 2.19. The number of para-hydroxylation sites is 1. The summed E-state index contributed by atoms with van der Waals surface area (Å²) in [5, 5.41) is 18.3. The van der Waals surface area contributed by atoms with E-state index in [9.17, 15) is 5.11 Å². The quantitative estimate of drug-likeness (QED) is 0.764. The standard InChI is InChI=1S/C15H16N6O/c22-12-7-4-8-20(9-12)14-13-15(17-10-16-14)21(19-18-13)11-5-2-1-3-6-11/h1-3,5-6,10,12,22H,4,7-9H2/t12-/m0/s1. The van der Waals surface area contributed by atoms with Gasteiger partial charge in [0.25, 0.3) is 0 Å². The fraction of sp³-hybridized carbons (Fsp3) is 0.333. The zero-order valence-electron chi connectivity index (χ0n) is 12.0. The Hall–Kier alpha value is -2.54. The molecule has 1 aromatic carbocycles. The number of fused-ring (bicyclic) bond motifs is 1. The third-order valence-corrected chi connectivity index (χ3v) is 3.92. The van der Waals surface area contributed by atoms with Gasteiger partial charge in [-0.2, -0.15) is 4.68 Å². The van der Waals surface area contributed by atoms with Crippen LogP contribution < -0.4 is 4.90 Å². The lowest BCUT2D eigenvalue weighted by Gasteiger charge is -2.30. The summed E-state index contributed by atoms with van der Waals surface area (Å²) in [6.07, 6.45) is 2.99. The molecule has 7 nitrogen and oxygen atoms in total. The van der Waals surface area contributed by atoms with Gasteiger partial charge in [0.15, 0.2) is 17.0 Å². The second kappa shape index (κ2) is 5.34. The van der Waals surface area contributed by atoms with Gasteiger partial charge >= 0.3 is 0 Å². The van der Waals surface area contributed by atoms with Crippen LogP contribution in [0.3, 0.4) is 0 Å². The predicted octanol–water partition coefficient (Wildman–Crippen LogP) is 1.17. The number of hydrogen-bond donors (Lipinski definition) is 1. The first-order valence-corrected chi connectivity index (χ1v) is 7.38. The van der Waals surface area contributed by atoms with Crippen molar-refractivity contribution in [3.63, 3.8) is 0 Å². The summed E-state index contributed by atoms with van der Waals surface area (Å²) in [5.74, 6) is 0.742. The topological polar surface area (TPSA) is 80.0 Å². The average Bonchev–Trinajstić information content (AvgIpc) is 2.99. The van der Waals surface area contributed by atoms with E-state index < -0.39 is 0 Å². The van der Waals surface area contributed by atoms with Gasteiger partial charge in [0.05, 0.1) is 11.8 Å². The molecule has 1 N–H and O–H groups in total. The van der Waals surface area contributed by atoms with Gasteiger partial charge in [-0.1, -0.05) is 23.4 Å². The minimum absolute atomic E-state index is 0.317. The number of hydrogen-bond acceptors (Lipinski definition) is 6. The second-order valence-electron chi connectivity index (χ2n) is 5.45. The molecule has 0 spiro atoms. The van der Waals surface area contributed by atoms with Crippen molar-refractivity contribution in [1.82, 2.24) is 25.0 Å². The van der Waals surface area contributed by atoms with E-state index in [-0.39, 0.29) is 6.10 Å².